The molecule has 0 aliphatic rings. The van der Waals surface area contributed by atoms with Crippen molar-refractivity contribution < 1.29 is 13.9 Å². The Bertz CT molecular complexity index is 437. The van der Waals surface area contributed by atoms with Gasteiger partial charge in [-0.1, -0.05) is 17.7 Å². The number of hydrogen-bond donors (Lipinski definition) is 1. The van der Waals surface area contributed by atoms with Gasteiger partial charge in [0.05, 0.1) is 6.61 Å². The van der Waals surface area contributed by atoms with Gasteiger partial charge in [0, 0.05) is 17.1 Å². The van der Waals surface area contributed by atoms with E-state index >= 15 is 0 Å². The van der Waals surface area contributed by atoms with Crippen molar-refractivity contribution in [3.63, 3.8) is 0 Å². The molecule has 0 aromatic heterocycles. The maximum absolute atomic E-state index is 13.7. The fraction of sp³-hybridized carbons (Fsp3) is 0.308. The molecule has 0 spiro atoms. The molecule has 1 rings (SSSR count). The predicted octanol–water partition coefficient (Wildman–Crippen LogP) is 2.86. The number of nitrogens with one attached hydrogen (secondary N) is 1. The van der Waals surface area contributed by atoms with E-state index in [0.29, 0.717) is 11.6 Å². The molecular weight excluding hydrogens is 257 g/mol. The maximum atomic E-state index is 13.7. The molecule has 0 aliphatic heterocycles. The van der Waals surface area contributed by atoms with E-state index in [0.717, 1.165) is 0 Å². The van der Waals surface area contributed by atoms with Crippen LogP contribution in [-0.2, 0) is 9.53 Å². The molecule has 0 amide bonds. The van der Waals surface area contributed by atoms with E-state index in [1.54, 1.807) is 13.0 Å². The van der Waals surface area contributed by atoms with Gasteiger partial charge in [-0.15, -0.1) is 6.58 Å². The minimum atomic E-state index is -0.887. The van der Waals surface area contributed by atoms with Crippen LogP contribution in [0.2, 0.25) is 5.02 Å². The average molecular weight is 272 g/mol. The van der Waals surface area contributed by atoms with Crippen LogP contribution in [0.1, 0.15) is 18.5 Å². The Morgan fingerprint density at radius 2 is 2.39 bits per heavy atom. The van der Waals surface area contributed by atoms with E-state index in [1.807, 2.05) is 0 Å². The van der Waals surface area contributed by atoms with Crippen LogP contribution in [0.5, 0.6) is 0 Å². The van der Waals surface area contributed by atoms with Gasteiger partial charge < -0.3 is 4.74 Å². The summed E-state index contributed by atoms with van der Waals surface area (Å²) < 4.78 is 18.6. The number of esters is 1. The number of ether oxygens (including phenoxy) is 1. The van der Waals surface area contributed by atoms with E-state index in [9.17, 15) is 9.18 Å². The van der Waals surface area contributed by atoms with Gasteiger partial charge in [-0.2, -0.15) is 0 Å². The number of rotatable bonds is 6. The summed E-state index contributed by atoms with van der Waals surface area (Å²) >= 11 is 5.81. The number of benzene rings is 1. The molecular formula is C13H15ClFNO2. The SMILES string of the molecule is C=CCNC(C(=O)OCC)c1cc(Cl)ccc1F. The Kier molecular flexibility index (Phi) is 5.82. The molecule has 1 aromatic rings. The van der Waals surface area contributed by atoms with Gasteiger partial charge in [0.2, 0.25) is 0 Å². The van der Waals surface area contributed by atoms with Crippen LogP contribution in [0.3, 0.4) is 0 Å². The first kappa shape index (κ1) is 14.7. The summed E-state index contributed by atoms with van der Waals surface area (Å²) in [6.07, 6.45) is 1.58. The minimum Gasteiger partial charge on any atom is -0.465 e. The van der Waals surface area contributed by atoms with E-state index < -0.39 is 17.8 Å². The molecule has 0 bridgehead atoms. The third-order valence-electron chi connectivity index (χ3n) is 2.26. The molecule has 18 heavy (non-hydrogen) atoms. The van der Waals surface area contributed by atoms with Gasteiger partial charge in [0.15, 0.2) is 0 Å². The third-order valence-corrected chi connectivity index (χ3v) is 2.49. The first-order valence-corrected chi connectivity index (χ1v) is 5.93. The van der Waals surface area contributed by atoms with E-state index in [2.05, 4.69) is 11.9 Å². The molecule has 0 aliphatic carbocycles. The first-order valence-electron chi connectivity index (χ1n) is 5.56. The normalized spacial score (nSPS) is 11.9. The lowest BCUT2D eigenvalue weighted by molar-refractivity contribution is -0.145. The summed E-state index contributed by atoms with van der Waals surface area (Å²) in [6, 6.07) is 3.17. The van der Waals surface area contributed by atoms with Crippen LogP contribution in [0.25, 0.3) is 0 Å². The molecule has 5 heteroatoms. The zero-order chi connectivity index (χ0) is 13.5. The van der Waals surface area contributed by atoms with Gasteiger partial charge in [-0.3, -0.25) is 5.32 Å². The molecule has 98 valence electrons. The molecule has 0 fully saturated rings. The molecule has 1 atom stereocenters. The fourth-order valence-electron chi connectivity index (χ4n) is 1.48. The van der Waals surface area contributed by atoms with E-state index in [-0.39, 0.29) is 12.2 Å². The summed E-state index contributed by atoms with van der Waals surface area (Å²) in [5, 5.41) is 3.21. The van der Waals surface area contributed by atoms with Gasteiger partial charge in [0.1, 0.15) is 11.9 Å². The quantitative estimate of drug-likeness (QED) is 0.639. The zero-order valence-electron chi connectivity index (χ0n) is 10.1. The van der Waals surface area contributed by atoms with Crippen molar-refractivity contribution in [1.29, 1.82) is 0 Å². The average Bonchev–Trinajstić information content (AvgIpc) is 2.34. The topological polar surface area (TPSA) is 38.3 Å². The summed E-state index contributed by atoms with van der Waals surface area (Å²) in [6.45, 7) is 5.81. The summed E-state index contributed by atoms with van der Waals surface area (Å²) in [7, 11) is 0. The Balaban J connectivity index is 3.03. The van der Waals surface area contributed by atoms with E-state index in [1.165, 1.54) is 18.2 Å². The second-order valence-corrected chi connectivity index (χ2v) is 3.98. The smallest absolute Gasteiger partial charge is 0.327 e. The van der Waals surface area contributed by atoms with Crippen molar-refractivity contribution >= 4 is 17.6 Å². The summed E-state index contributed by atoms with van der Waals surface area (Å²) in [5.74, 6) is -1.05. The van der Waals surface area contributed by atoms with Crippen LogP contribution >= 0.6 is 11.6 Å². The minimum absolute atomic E-state index is 0.169. The highest BCUT2D eigenvalue weighted by Gasteiger charge is 2.24. The van der Waals surface area contributed by atoms with E-state index in [4.69, 9.17) is 16.3 Å². The molecule has 0 saturated heterocycles. The molecule has 0 radical (unpaired) electrons. The number of carbonyl (C=O) groups excluding carboxylic acids is 1. The van der Waals surface area contributed by atoms with Gasteiger partial charge in [0.25, 0.3) is 0 Å². The van der Waals surface area contributed by atoms with Crippen molar-refractivity contribution in [2.45, 2.75) is 13.0 Å². The van der Waals surface area contributed by atoms with Crippen molar-refractivity contribution in [2.24, 2.45) is 0 Å². The van der Waals surface area contributed by atoms with Crippen LogP contribution in [0, 0.1) is 5.82 Å². The van der Waals surface area contributed by atoms with Crippen LogP contribution in [0.15, 0.2) is 30.9 Å². The second kappa shape index (κ2) is 7.13. The van der Waals surface area contributed by atoms with Gasteiger partial charge in [-0.25, -0.2) is 9.18 Å². The van der Waals surface area contributed by atoms with Crippen molar-refractivity contribution in [2.75, 3.05) is 13.2 Å². The molecule has 1 N–H and O–H groups in total. The molecule has 1 aromatic carbocycles. The Morgan fingerprint density at radius 1 is 1.67 bits per heavy atom. The standard InChI is InChI=1S/C13H15ClFNO2/c1-3-7-16-12(13(17)18-4-2)10-8-9(14)5-6-11(10)15/h3,5-6,8,12,16H,1,4,7H2,2H3. The third kappa shape index (κ3) is 3.82. The molecule has 0 saturated carbocycles. The lowest BCUT2D eigenvalue weighted by Gasteiger charge is -2.17. The zero-order valence-corrected chi connectivity index (χ0v) is 10.8. The van der Waals surface area contributed by atoms with Gasteiger partial charge in [-0.05, 0) is 25.1 Å². The van der Waals surface area contributed by atoms with Crippen LogP contribution < -0.4 is 5.32 Å². The maximum Gasteiger partial charge on any atom is 0.327 e. The lowest BCUT2D eigenvalue weighted by Crippen LogP contribution is -2.31. The molecule has 3 nitrogen and oxygen atoms in total. The molecule has 0 heterocycles. The fourth-order valence-corrected chi connectivity index (χ4v) is 1.66. The first-order chi connectivity index (χ1) is 8.60. The summed E-state index contributed by atoms with van der Waals surface area (Å²) in [5.41, 5.74) is 0.169. The number of halogens is 2. The Morgan fingerprint density at radius 3 is 3.00 bits per heavy atom. The number of carbonyl (C=O) groups is 1. The molecule has 1 unspecified atom stereocenters. The monoisotopic (exact) mass is 271 g/mol. The highest BCUT2D eigenvalue weighted by Crippen LogP contribution is 2.22. The summed E-state index contributed by atoms with van der Waals surface area (Å²) in [4.78, 5) is 11.8. The van der Waals surface area contributed by atoms with Crippen LogP contribution in [-0.4, -0.2) is 19.1 Å². The van der Waals surface area contributed by atoms with Crippen molar-refractivity contribution in [3.8, 4) is 0 Å². The predicted molar refractivity (Wildman–Crippen MR) is 69.0 cm³/mol. The highest BCUT2D eigenvalue weighted by molar-refractivity contribution is 6.30. The van der Waals surface area contributed by atoms with Crippen LogP contribution in [0.4, 0.5) is 4.39 Å². The number of hydrogen-bond acceptors (Lipinski definition) is 3. The Hall–Kier alpha value is -1.39. The van der Waals surface area contributed by atoms with Crippen molar-refractivity contribution in [3.05, 3.63) is 47.3 Å². The Labute approximate surface area is 111 Å². The lowest BCUT2D eigenvalue weighted by atomic mass is 10.1. The van der Waals surface area contributed by atoms with Gasteiger partial charge >= 0.3 is 5.97 Å². The highest BCUT2D eigenvalue weighted by atomic mass is 35.5. The second-order valence-electron chi connectivity index (χ2n) is 3.55. The van der Waals surface area contributed by atoms with Crippen molar-refractivity contribution in [1.82, 2.24) is 5.32 Å². The largest absolute Gasteiger partial charge is 0.465 e.